The third-order valence-electron chi connectivity index (χ3n) is 3.26. The number of carboxylic acid groups (broad SMARTS) is 1. The molecule has 2 saturated heterocycles. The van der Waals surface area contributed by atoms with Gasteiger partial charge in [-0.2, -0.15) is 0 Å². The highest BCUT2D eigenvalue weighted by Gasteiger charge is 2.40. The fourth-order valence-corrected chi connectivity index (χ4v) is 2.49. The number of carbonyl (C=O) groups excluding carboxylic acids is 1. The van der Waals surface area contributed by atoms with Crippen LogP contribution in [-0.2, 0) is 14.3 Å². The first-order valence-electron chi connectivity index (χ1n) is 6.01. The number of rotatable bonds is 3. The normalized spacial score (nSPS) is 30.7. The fraction of sp³-hybridized carbons (Fsp3) is 0.667. The van der Waals surface area contributed by atoms with Crippen LogP contribution in [0.5, 0.6) is 0 Å². The molecule has 2 atom stereocenters. The summed E-state index contributed by atoms with van der Waals surface area (Å²) in [6.07, 6.45) is 1.64. The van der Waals surface area contributed by atoms with E-state index >= 15 is 0 Å². The van der Waals surface area contributed by atoms with Crippen LogP contribution in [0.15, 0.2) is 12.7 Å². The van der Waals surface area contributed by atoms with Gasteiger partial charge in [-0.1, -0.05) is 12.7 Å². The van der Waals surface area contributed by atoms with E-state index in [0.29, 0.717) is 25.9 Å². The molecule has 2 rings (SSSR count). The molecule has 0 radical (unpaired) electrons. The Hall–Kier alpha value is -1.56. The molecule has 2 aliphatic rings. The molecule has 0 spiro atoms. The number of hydrogen-bond donors (Lipinski definition) is 1. The van der Waals surface area contributed by atoms with Crippen LogP contribution < -0.4 is 0 Å². The number of amides is 1. The molecular weight excluding hydrogens is 238 g/mol. The van der Waals surface area contributed by atoms with Crippen molar-refractivity contribution in [3.8, 4) is 0 Å². The van der Waals surface area contributed by atoms with Crippen molar-refractivity contribution in [2.24, 2.45) is 5.92 Å². The lowest BCUT2D eigenvalue weighted by Crippen LogP contribution is -2.54. The topological polar surface area (TPSA) is 76.1 Å². The molecule has 0 aromatic rings. The van der Waals surface area contributed by atoms with E-state index in [2.05, 4.69) is 6.58 Å². The molecule has 1 amide bonds. The Morgan fingerprint density at radius 2 is 2.00 bits per heavy atom. The number of likely N-dealkylation sites (tertiary alicyclic amines) is 1. The van der Waals surface area contributed by atoms with Crippen molar-refractivity contribution in [3.05, 3.63) is 12.7 Å². The number of nitrogens with zero attached hydrogens (tertiary/aromatic N) is 1. The zero-order valence-electron chi connectivity index (χ0n) is 10.1. The molecule has 2 aliphatic heterocycles. The predicted molar refractivity (Wildman–Crippen MR) is 62.1 cm³/mol. The summed E-state index contributed by atoms with van der Waals surface area (Å²) in [5, 5.41) is 9.01. The van der Waals surface area contributed by atoms with E-state index in [9.17, 15) is 9.59 Å². The van der Waals surface area contributed by atoms with Crippen molar-refractivity contribution in [1.82, 2.24) is 4.90 Å². The van der Waals surface area contributed by atoms with Gasteiger partial charge in [0.05, 0.1) is 31.2 Å². The van der Waals surface area contributed by atoms with E-state index in [1.54, 1.807) is 4.90 Å². The van der Waals surface area contributed by atoms with Gasteiger partial charge in [0.2, 0.25) is 0 Å². The summed E-state index contributed by atoms with van der Waals surface area (Å²) in [5.41, 5.74) is 0. The van der Waals surface area contributed by atoms with Crippen LogP contribution in [0, 0.1) is 5.92 Å². The van der Waals surface area contributed by atoms with Crippen LogP contribution in [0.1, 0.15) is 12.8 Å². The summed E-state index contributed by atoms with van der Waals surface area (Å²) in [6.45, 7) is 4.46. The van der Waals surface area contributed by atoms with Gasteiger partial charge in [0.25, 0.3) is 0 Å². The Kier molecular flexibility index (Phi) is 3.86. The molecule has 0 saturated carbocycles. The van der Waals surface area contributed by atoms with Crippen molar-refractivity contribution >= 4 is 12.1 Å². The SMILES string of the molecule is C=CCOC(=O)N1CC2CC(C(=O)O)CC(C1)O2. The summed E-state index contributed by atoms with van der Waals surface area (Å²) >= 11 is 0. The highest BCUT2D eigenvalue weighted by atomic mass is 16.6. The Labute approximate surface area is 105 Å². The summed E-state index contributed by atoms with van der Waals surface area (Å²) < 4.78 is 10.6. The smallest absolute Gasteiger partial charge is 0.410 e. The van der Waals surface area contributed by atoms with Crippen LogP contribution >= 0.6 is 0 Å². The molecule has 0 aliphatic carbocycles. The van der Waals surface area contributed by atoms with Crippen molar-refractivity contribution in [3.63, 3.8) is 0 Å². The van der Waals surface area contributed by atoms with E-state index in [1.807, 2.05) is 0 Å². The highest BCUT2D eigenvalue weighted by molar-refractivity contribution is 5.71. The number of carbonyl (C=O) groups is 2. The molecule has 6 heteroatoms. The lowest BCUT2D eigenvalue weighted by atomic mass is 9.89. The molecule has 2 bridgehead atoms. The van der Waals surface area contributed by atoms with Gasteiger partial charge in [0, 0.05) is 0 Å². The molecule has 1 N–H and O–H groups in total. The van der Waals surface area contributed by atoms with Crippen LogP contribution in [0.25, 0.3) is 0 Å². The minimum absolute atomic E-state index is 0.184. The van der Waals surface area contributed by atoms with Gasteiger partial charge < -0.3 is 19.5 Å². The zero-order chi connectivity index (χ0) is 13.1. The zero-order valence-corrected chi connectivity index (χ0v) is 10.1. The van der Waals surface area contributed by atoms with E-state index in [1.165, 1.54) is 6.08 Å². The number of morpholine rings is 1. The molecule has 18 heavy (non-hydrogen) atoms. The largest absolute Gasteiger partial charge is 0.481 e. The van der Waals surface area contributed by atoms with E-state index < -0.39 is 5.97 Å². The Morgan fingerprint density at radius 3 is 2.50 bits per heavy atom. The lowest BCUT2D eigenvalue weighted by Gasteiger charge is -2.42. The van der Waals surface area contributed by atoms with Crippen molar-refractivity contribution in [2.45, 2.75) is 25.0 Å². The summed E-state index contributed by atoms with van der Waals surface area (Å²) in [5.74, 6) is -1.14. The first-order valence-corrected chi connectivity index (χ1v) is 6.01. The Bertz CT molecular complexity index is 342. The van der Waals surface area contributed by atoms with Crippen LogP contribution in [0.3, 0.4) is 0 Å². The van der Waals surface area contributed by atoms with Crippen LogP contribution in [-0.4, -0.2) is 54.0 Å². The Balaban J connectivity index is 1.92. The van der Waals surface area contributed by atoms with E-state index in [4.69, 9.17) is 14.6 Å². The van der Waals surface area contributed by atoms with Gasteiger partial charge in [-0.05, 0) is 12.8 Å². The average Bonchev–Trinajstić information content (AvgIpc) is 2.34. The maximum absolute atomic E-state index is 11.7. The molecule has 2 fully saturated rings. The molecule has 100 valence electrons. The second kappa shape index (κ2) is 5.39. The van der Waals surface area contributed by atoms with Crippen molar-refractivity contribution in [2.75, 3.05) is 19.7 Å². The summed E-state index contributed by atoms with van der Waals surface area (Å²) in [4.78, 5) is 24.2. The number of hydrogen-bond acceptors (Lipinski definition) is 4. The monoisotopic (exact) mass is 255 g/mol. The van der Waals surface area contributed by atoms with E-state index in [-0.39, 0.29) is 30.8 Å². The predicted octanol–water partition coefficient (Wildman–Crippen LogP) is 0.873. The number of ether oxygens (including phenoxy) is 2. The summed E-state index contributed by atoms with van der Waals surface area (Å²) in [7, 11) is 0. The minimum Gasteiger partial charge on any atom is -0.481 e. The van der Waals surface area contributed by atoms with Crippen molar-refractivity contribution in [1.29, 1.82) is 0 Å². The minimum atomic E-state index is -0.781. The van der Waals surface area contributed by atoms with Crippen LogP contribution in [0.2, 0.25) is 0 Å². The third-order valence-corrected chi connectivity index (χ3v) is 3.26. The number of carboxylic acids is 1. The molecule has 6 nitrogen and oxygen atoms in total. The van der Waals surface area contributed by atoms with Crippen LogP contribution in [0.4, 0.5) is 4.79 Å². The first kappa shape index (κ1) is 12.9. The molecule has 2 heterocycles. The van der Waals surface area contributed by atoms with Gasteiger partial charge in [0.15, 0.2) is 0 Å². The van der Waals surface area contributed by atoms with E-state index in [0.717, 1.165) is 0 Å². The van der Waals surface area contributed by atoms with Gasteiger partial charge in [-0.15, -0.1) is 0 Å². The van der Waals surface area contributed by atoms with Gasteiger partial charge in [-0.3, -0.25) is 4.79 Å². The van der Waals surface area contributed by atoms with Crippen molar-refractivity contribution < 1.29 is 24.2 Å². The fourth-order valence-electron chi connectivity index (χ4n) is 2.49. The van der Waals surface area contributed by atoms with Gasteiger partial charge in [-0.25, -0.2) is 4.79 Å². The standard InChI is InChI=1S/C12H17NO5/c1-2-3-17-12(16)13-6-9-4-8(11(14)15)5-10(7-13)18-9/h2,8-10H,1,3-7H2,(H,14,15). The molecule has 0 aromatic carbocycles. The lowest BCUT2D eigenvalue weighted by molar-refractivity contribution is -0.159. The maximum Gasteiger partial charge on any atom is 0.410 e. The summed E-state index contributed by atoms with van der Waals surface area (Å²) in [6, 6.07) is 0. The second-order valence-corrected chi connectivity index (χ2v) is 4.66. The van der Waals surface area contributed by atoms with Gasteiger partial charge >= 0.3 is 12.1 Å². The number of fused-ring (bicyclic) bond motifs is 2. The first-order chi connectivity index (χ1) is 8.60. The average molecular weight is 255 g/mol. The molecule has 2 unspecified atom stereocenters. The number of aliphatic carboxylic acids is 1. The molecular formula is C12H17NO5. The third kappa shape index (κ3) is 2.81. The Morgan fingerprint density at radius 1 is 1.39 bits per heavy atom. The second-order valence-electron chi connectivity index (χ2n) is 4.66. The quantitative estimate of drug-likeness (QED) is 0.757. The van der Waals surface area contributed by atoms with Gasteiger partial charge in [0.1, 0.15) is 6.61 Å². The molecule has 0 aromatic heterocycles. The highest BCUT2D eigenvalue weighted by Crippen LogP contribution is 2.30. The maximum atomic E-state index is 11.7.